The fraction of sp³-hybridized carbons (Fsp3) is 0.700. The van der Waals surface area contributed by atoms with E-state index in [1.165, 1.54) is 16.8 Å². The molecule has 2 nitrogen and oxygen atoms in total. The predicted molar refractivity (Wildman–Crippen MR) is 103 cm³/mol. The molecule has 1 heterocycles. The first-order valence-electron chi connectivity index (χ1n) is 8.99. The zero-order valence-electron chi connectivity index (χ0n) is 15.9. The van der Waals surface area contributed by atoms with Gasteiger partial charge in [-0.1, -0.05) is 39.3 Å². The summed E-state index contributed by atoms with van der Waals surface area (Å²) in [4.78, 5) is 2.57. The Balaban J connectivity index is 2.62. The molecule has 2 rings (SSSR count). The molecule has 0 amide bonds. The van der Waals surface area contributed by atoms with E-state index in [4.69, 9.17) is 11.6 Å². The quantitative estimate of drug-likeness (QED) is 0.762. The van der Waals surface area contributed by atoms with Crippen molar-refractivity contribution in [3.8, 4) is 0 Å². The number of benzene rings is 1. The van der Waals surface area contributed by atoms with E-state index in [1.807, 2.05) is 0 Å². The SMILES string of the molecule is CCC1(CC)CN(C(C)(C)C)c2ccc(Cl)c(CNC(C)C)c21. The van der Waals surface area contributed by atoms with Crippen LogP contribution in [0.2, 0.25) is 5.02 Å². The van der Waals surface area contributed by atoms with Crippen LogP contribution in [0.15, 0.2) is 12.1 Å². The Morgan fingerprint density at radius 3 is 2.30 bits per heavy atom. The van der Waals surface area contributed by atoms with Gasteiger partial charge in [0.05, 0.1) is 0 Å². The number of fused-ring (bicyclic) bond motifs is 1. The number of anilines is 1. The normalized spacial score (nSPS) is 17.0. The van der Waals surface area contributed by atoms with Gasteiger partial charge < -0.3 is 10.2 Å². The predicted octanol–water partition coefficient (Wildman–Crippen LogP) is 5.51. The topological polar surface area (TPSA) is 15.3 Å². The van der Waals surface area contributed by atoms with Crippen molar-refractivity contribution in [3.05, 3.63) is 28.3 Å². The standard InChI is InChI=1S/C20H33ClN2/c1-8-20(9-2)13-23(19(5,6)7)17-11-10-16(21)15(18(17)20)12-22-14(3)4/h10-11,14,22H,8-9,12-13H2,1-7H3. The maximum absolute atomic E-state index is 6.64. The van der Waals surface area contributed by atoms with Crippen LogP contribution in [0, 0.1) is 0 Å². The Labute approximate surface area is 147 Å². The molecule has 1 aromatic carbocycles. The summed E-state index contributed by atoms with van der Waals surface area (Å²) in [5, 5.41) is 4.47. The van der Waals surface area contributed by atoms with Gasteiger partial charge in [0.1, 0.15) is 0 Å². The van der Waals surface area contributed by atoms with E-state index < -0.39 is 0 Å². The highest BCUT2D eigenvalue weighted by Crippen LogP contribution is 2.50. The lowest BCUT2D eigenvalue weighted by Crippen LogP contribution is -2.44. The van der Waals surface area contributed by atoms with Crippen LogP contribution in [-0.2, 0) is 12.0 Å². The summed E-state index contributed by atoms with van der Waals surface area (Å²) in [6.45, 7) is 17.9. The van der Waals surface area contributed by atoms with Crippen molar-refractivity contribution in [3.63, 3.8) is 0 Å². The molecule has 1 N–H and O–H groups in total. The first kappa shape index (κ1) is 18.6. The number of hydrogen-bond acceptors (Lipinski definition) is 2. The highest BCUT2D eigenvalue weighted by molar-refractivity contribution is 6.31. The Bertz CT molecular complexity index is 553. The first-order chi connectivity index (χ1) is 10.7. The van der Waals surface area contributed by atoms with Crippen molar-refractivity contribution in [1.29, 1.82) is 0 Å². The Hall–Kier alpha value is -0.730. The van der Waals surface area contributed by atoms with Crippen LogP contribution in [0.3, 0.4) is 0 Å². The second kappa shape index (κ2) is 6.64. The van der Waals surface area contributed by atoms with Crippen molar-refractivity contribution in [2.24, 2.45) is 0 Å². The van der Waals surface area contributed by atoms with Crippen molar-refractivity contribution in [2.45, 2.75) is 84.8 Å². The van der Waals surface area contributed by atoms with Crippen LogP contribution in [0.1, 0.15) is 72.4 Å². The van der Waals surface area contributed by atoms with E-state index in [-0.39, 0.29) is 11.0 Å². The van der Waals surface area contributed by atoms with Gasteiger partial charge >= 0.3 is 0 Å². The molecule has 23 heavy (non-hydrogen) atoms. The minimum atomic E-state index is 0.122. The van der Waals surface area contributed by atoms with E-state index in [0.717, 1.165) is 31.0 Å². The second-order valence-corrected chi connectivity index (χ2v) is 8.61. The van der Waals surface area contributed by atoms with Gasteiger partial charge in [-0.25, -0.2) is 0 Å². The molecule has 0 radical (unpaired) electrons. The maximum Gasteiger partial charge on any atom is 0.0455 e. The molecule has 0 aromatic heterocycles. The van der Waals surface area contributed by atoms with E-state index in [9.17, 15) is 0 Å². The highest BCUT2D eigenvalue weighted by Gasteiger charge is 2.45. The van der Waals surface area contributed by atoms with Crippen molar-refractivity contribution in [2.75, 3.05) is 11.4 Å². The molecule has 0 saturated carbocycles. The lowest BCUT2D eigenvalue weighted by atomic mass is 9.75. The number of halogens is 1. The molecule has 3 heteroatoms. The summed E-state index contributed by atoms with van der Waals surface area (Å²) in [7, 11) is 0. The lowest BCUT2D eigenvalue weighted by molar-refractivity contribution is 0.384. The fourth-order valence-electron chi connectivity index (χ4n) is 3.80. The highest BCUT2D eigenvalue weighted by atomic mass is 35.5. The maximum atomic E-state index is 6.64. The number of nitrogens with zero attached hydrogens (tertiary/aromatic N) is 1. The average Bonchev–Trinajstić information content (AvgIpc) is 2.81. The Morgan fingerprint density at radius 2 is 1.83 bits per heavy atom. The van der Waals surface area contributed by atoms with Crippen LogP contribution in [0.5, 0.6) is 0 Å². The molecule has 0 aliphatic carbocycles. The number of hydrogen-bond donors (Lipinski definition) is 1. The summed E-state index contributed by atoms with van der Waals surface area (Å²) in [5.74, 6) is 0. The van der Waals surface area contributed by atoms with E-state index in [0.29, 0.717) is 6.04 Å². The average molecular weight is 337 g/mol. The van der Waals surface area contributed by atoms with Gasteiger partial charge in [-0.05, 0) is 56.9 Å². The van der Waals surface area contributed by atoms with Crippen molar-refractivity contribution in [1.82, 2.24) is 5.32 Å². The van der Waals surface area contributed by atoms with Crippen LogP contribution >= 0.6 is 11.6 Å². The fourth-order valence-corrected chi connectivity index (χ4v) is 4.02. The number of nitrogens with one attached hydrogen (secondary N) is 1. The van der Waals surface area contributed by atoms with Crippen molar-refractivity contribution < 1.29 is 0 Å². The van der Waals surface area contributed by atoms with Gasteiger partial charge in [0, 0.05) is 40.8 Å². The molecule has 1 aliphatic rings. The van der Waals surface area contributed by atoms with Gasteiger partial charge in [-0.2, -0.15) is 0 Å². The summed E-state index contributed by atoms with van der Waals surface area (Å²) >= 11 is 6.64. The van der Waals surface area contributed by atoms with E-state index >= 15 is 0 Å². The van der Waals surface area contributed by atoms with Gasteiger partial charge in [0.15, 0.2) is 0 Å². The molecule has 1 aromatic rings. The lowest BCUT2D eigenvalue weighted by Gasteiger charge is -2.37. The zero-order valence-corrected chi connectivity index (χ0v) is 16.6. The summed E-state index contributed by atoms with van der Waals surface area (Å²) in [6, 6.07) is 4.77. The smallest absolute Gasteiger partial charge is 0.0455 e. The molecule has 130 valence electrons. The monoisotopic (exact) mass is 336 g/mol. The van der Waals surface area contributed by atoms with Crippen LogP contribution in [-0.4, -0.2) is 18.1 Å². The third-order valence-corrected chi connectivity index (χ3v) is 5.72. The third kappa shape index (κ3) is 3.39. The Kier molecular flexibility index (Phi) is 5.37. The molecular weight excluding hydrogens is 304 g/mol. The molecule has 0 spiro atoms. The molecule has 0 fully saturated rings. The van der Waals surface area contributed by atoms with Crippen LogP contribution < -0.4 is 10.2 Å². The molecule has 1 aliphatic heterocycles. The largest absolute Gasteiger partial charge is 0.366 e. The Morgan fingerprint density at radius 1 is 1.22 bits per heavy atom. The van der Waals surface area contributed by atoms with Gasteiger partial charge in [0.25, 0.3) is 0 Å². The summed E-state index contributed by atoms with van der Waals surface area (Å²) in [5.41, 5.74) is 4.50. The molecule has 0 saturated heterocycles. The molecule has 0 bridgehead atoms. The van der Waals surface area contributed by atoms with Crippen LogP contribution in [0.4, 0.5) is 5.69 Å². The van der Waals surface area contributed by atoms with Crippen LogP contribution in [0.25, 0.3) is 0 Å². The van der Waals surface area contributed by atoms with E-state index in [1.54, 1.807) is 0 Å². The van der Waals surface area contributed by atoms with Crippen molar-refractivity contribution >= 4 is 17.3 Å². The minimum absolute atomic E-state index is 0.122. The summed E-state index contributed by atoms with van der Waals surface area (Å²) in [6.07, 6.45) is 2.30. The van der Waals surface area contributed by atoms with Gasteiger partial charge in [0.2, 0.25) is 0 Å². The first-order valence-corrected chi connectivity index (χ1v) is 9.37. The van der Waals surface area contributed by atoms with Gasteiger partial charge in [-0.3, -0.25) is 0 Å². The second-order valence-electron chi connectivity index (χ2n) is 8.20. The van der Waals surface area contributed by atoms with E-state index in [2.05, 4.69) is 70.8 Å². The molecule has 0 unspecified atom stereocenters. The summed E-state index contributed by atoms with van der Waals surface area (Å²) < 4.78 is 0. The zero-order chi connectivity index (χ0) is 17.4. The minimum Gasteiger partial charge on any atom is -0.366 e. The number of rotatable bonds is 5. The molecule has 0 atom stereocenters. The van der Waals surface area contributed by atoms with Gasteiger partial charge in [-0.15, -0.1) is 0 Å². The third-order valence-electron chi connectivity index (χ3n) is 5.37. The molecular formula is C20H33ClN2.